The molecule has 156 valence electrons. The second-order valence-corrected chi connectivity index (χ2v) is 9.30. The van der Waals surface area contributed by atoms with Crippen molar-refractivity contribution in [3.8, 4) is 0 Å². The lowest BCUT2D eigenvalue weighted by Gasteiger charge is -2.22. The van der Waals surface area contributed by atoms with E-state index in [2.05, 4.69) is 10.2 Å². The van der Waals surface area contributed by atoms with Gasteiger partial charge in [0.05, 0.1) is 16.3 Å². The van der Waals surface area contributed by atoms with Crippen molar-refractivity contribution in [2.75, 3.05) is 36.4 Å². The number of benzene rings is 2. The van der Waals surface area contributed by atoms with E-state index in [1.807, 2.05) is 12.1 Å². The van der Waals surface area contributed by atoms with Crippen LogP contribution in [0.5, 0.6) is 0 Å². The minimum absolute atomic E-state index is 0.179. The van der Waals surface area contributed by atoms with Crippen LogP contribution in [-0.4, -0.2) is 44.8 Å². The standard InChI is InChI=1S/C21H26ClN3O3S/c1-3-25(4-2)29(27,28)18-10-7-16(8-11-18)21(26)23-19-15-17(22)9-12-20(19)24-13-5-6-14-24/h7-12,15H,3-6,13-14H2,1-2H3,(H,23,26). The number of nitrogens with one attached hydrogen (secondary N) is 1. The molecule has 2 aromatic carbocycles. The number of hydrogen-bond acceptors (Lipinski definition) is 4. The van der Waals surface area contributed by atoms with Crippen LogP contribution in [0.4, 0.5) is 11.4 Å². The number of carbonyl (C=O) groups excluding carboxylic acids is 1. The molecule has 2 aromatic rings. The molecule has 0 aromatic heterocycles. The van der Waals surface area contributed by atoms with Gasteiger partial charge in [-0.1, -0.05) is 25.4 Å². The van der Waals surface area contributed by atoms with Crippen molar-refractivity contribution in [1.82, 2.24) is 4.31 Å². The maximum absolute atomic E-state index is 12.8. The lowest BCUT2D eigenvalue weighted by atomic mass is 10.2. The highest BCUT2D eigenvalue weighted by Crippen LogP contribution is 2.32. The first-order valence-corrected chi connectivity index (χ1v) is 11.6. The van der Waals surface area contributed by atoms with Gasteiger partial charge in [-0.15, -0.1) is 0 Å². The van der Waals surface area contributed by atoms with Crippen LogP contribution >= 0.6 is 11.6 Å². The number of anilines is 2. The summed E-state index contributed by atoms with van der Waals surface area (Å²) in [6.45, 7) is 6.28. The molecular formula is C21H26ClN3O3S. The molecule has 6 nitrogen and oxygen atoms in total. The van der Waals surface area contributed by atoms with Crippen LogP contribution in [-0.2, 0) is 10.0 Å². The lowest BCUT2D eigenvalue weighted by molar-refractivity contribution is 0.102. The van der Waals surface area contributed by atoms with Crippen LogP contribution in [0.2, 0.25) is 5.02 Å². The van der Waals surface area contributed by atoms with E-state index >= 15 is 0 Å². The molecule has 1 aliphatic heterocycles. The van der Waals surface area contributed by atoms with Gasteiger partial charge in [0.2, 0.25) is 10.0 Å². The third kappa shape index (κ3) is 4.74. The second-order valence-electron chi connectivity index (χ2n) is 6.92. The number of hydrogen-bond donors (Lipinski definition) is 1. The average molecular weight is 436 g/mol. The van der Waals surface area contributed by atoms with E-state index < -0.39 is 10.0 Å². The third-order valence-electron chi connectivity index (χ3n) is 5.11. The Bertz CT molecular complexity index is 967. The number of halogens is 1. The molecule has 0 radical (unpaired) electrons. The fourth-order valence-corrected chi connectivity index (χ4v) is 5.16. The number of nitrogens with zero attached hydrogens (tertiary/aromatic N) is 2. The molecule has 1 N–H and O–H groups in total. The third-order valence-corrected chi connectivity index (χ3v) is 7.41. The monoisotopic (exact) mass is 435 g/mol. The van der Waals surface area contributed by atoms with Gasteiger partial charge in [-0.3, -0.25) is 4.79 Å². The fraction of sp³-hybridized carbons (Fsp3) is 0.381. The molecule has 29 heavy (non-hydrogen) atoms. The van der Waals surface area contributed by atoms with E-state index in [1.54, 1.807) is 19.9 Å². The minimum atomic E-state index is -3.55. The molecule has 0 aliphatic carbocycles. The summed E-state index contributed by atoms with van der Waals surface area (Å²) in [7, 11) is -3.55. The predicted molar refractivity (Wildman–Crippen MR) is 117 cm³/mol. The molecule has 0 unspecified atom stereocenters. The fourth-order valence-electron chi connectivity index (χ4n) is 3.53. The van der Waals surface area contributed by atoms with Crippen LogP contribution in [0, 0.1) is 0 Å². The van der Waals surface area contributed by atoms with Crippen molar-refractivity contribution < 1.29 is 13.2 Å². The van der Waals surface area contributed by atoms with Crippen molar-refractivity contribution in [2.24, 2.45) is 0 Å². The Kier molecular flexibility index (Phi) is 6.82. The minimum Gasteiger partial charge on any atom is -0.370 e. The largest absolute Gasteiger partial charge is 0.370 e. The van der Waals surface area contributed by atoms with Gasteiger partial charge in [-0.05, 0) is 55.3 Å². The molecule has 1 saturated heterocycles. The van der Waals surface area contributed by atoms with E-state index in [1.165, 1.54) is 28.6 Å². The summed E-state index contributed by atoms with van der Waals surface area (Å²) in [5.41, 5.74) is 1.99. The maximum Gasteiger partial charge on any atom is 0.255 e. The van der Waals surface area contributed by atoms with E-state index in [4.69, 9.17) is 11.6 Å². The summed E-state index contributed by atoms with van der Waals surface area (Å²) in [6.07, 6.45) is 2.25. The van der Waals surface area contributed by atoms with Crippen LogP contribution in [0.3, 0.4) is 0 Å². The molecule has 1 aliphatic rings. The Morgan fingerprint density at radius 2 is 1.69 bits per heavy atom. The molecule has 0 bridgehead atoms. The Morgan fingerprint density at radius 1 is 1.07 bits per heavy atom. The quantitative estimate of drug-likeness (QED) is 0.706. The SMILES string of the molecule is CCN(CC)S(=O)(=O)c1ccc(C(=O)Nc2cc(Cl)ccc2N2CCCC2)cc1. The zero-order valence-corrected chi connectivity index (χ0v) is 18.3. The van der Waals surface area contributed by atoms with E-state index in [9.17, 15) is 13.2 Å². The van der Waals surface area contributed by atoms with Gasteiger partial charge in [-0.2, -0.15) is 4.31 Å². The van der Waals surface area contributed by atoms with Gasteiger partial charge in [0, 0.05) is 36.8 Å². The summed E-state index contributed by atoms with van der Waals surface area (Å²) in [5, 5.41) is 3.47. The molecule has 3 rings (SSSR count). The first-order chi connectivity index (χ1) is 13.9. The zero-order valence-electron chi connectivity index (χ0n) is 16.7. The number of sulfonamides is 1. The highest BCUT2D eigenvalue weighted by Gasteiger charge is 2.22. The van der Waals surface area contributed by atoms with E-state index in [0.717, 1.165) is 31.6 Å². The van der Waals surface area contributed by atoms with Crippen LogP contribution < -0.4 is 10.2 Å². The molecule has 8 heteroatoms. The summed E-state index contributed by atoms with van der Waals surface area (Å²) in [4.78, 5) is 15.2. The Morgan fingerprint density at radius 3 is 2.28 bits per heavy atom. The molecule has 0 spiro atoms. The van der Waals surface area contributed by atoms with Crippen molar-refractivity contribution >= 4 is 38.9 Å². The molecule has 0 atom stereocenters. The van der Waals surface area contributed by atoms with Gasteiger partial charge in [-0.25, -0.2) is 8.42 Å². The van der Waals surface area contributed by atoms with Crippen molar-refractivity contribution in [3.63, 3.8) is 0 Å². The molecule has 0 saturated carbocycles. The smallest absolute Gasteiger partial charge is 0.255 e. The van der Waals surface area contributed by atoms with Crippen molar-refractivity contribution in [2.45, 2.75) is 31.6 Å². The van der Waals surface area contributed by atoms with Crippen molar-refractivity contribution in [1.29, 1.82) is 0 Å². The number of carbonyl (C=O) groups is 1. The van der Waals surface area contributed by atoms with Crippen LogP contribution in [0.15, 0.2) is 47.4 Å². The second kappa shape index (κ2) is 9.15. The number of amides is 1. The van der Waals surface area contributed by atoms with Gasteiger partial charge < -0.3 is 10.2 Å². The highest BCUT2D eigenvalue weighted by molar-refractivity contribution is 7.89. The first-order valence-electron chi connectivity index (χ1n) is 9.83. The normalized spacial score (nSPS) is 14.4. The van der Waals surface area contributed by atoms with Crippen molar-refractivity contribution in [3.05, 3.63) is 53.1 Å². The summed E-state index contributed by atoms with van der Waals surface area (Å²) in [5.74, 6) is -0.306. The number of rotatable bonds is 7. The topological polar surface area (TPSA) is 69.7 Å². The Labute approximate surface area is 177 Å². The molecule has 1 fully saturated rings. The maximum atomic E-state index is 12.8. The summed E-state index contributed by atoms with van der Waals surface area (Å²) < 4.78 is 26.6. The Balaban J connectivity index is 1.81. The Hall–Kier alpha value is -2.09. The first kappa shape index (κ1) is 21.6. The van der Waals surface area contributed by atoms with Gasteiger partial charge in [0.15, 0.2) is 0 Å². The van der Waals surface area contributed by atoms with Gasteiger partial charge in [0.25, 0.3) is 5.91 Å². The lowest BCUT2D eigenvalue weighted by Crippen LogP contribution is -2.30. The summed E-state index contributed by atoms with van der Waals surface area (Å²) in [6, 6.07) is 11.5. The summed E-state index contributed by atoms with van der Waals surface area (Å²) >= 11 is 6.14. The van der Waals surface area contributed by atoms with Gasteiger partial charge >= 0.3 is 0 Å². The van der Waals surface area contributed by atoms with E-state index in [-0.39, 0.29) is 10.8 Å². The van der Waals surface area contributed by atoms with Crippen LogP contribution in [0.25, 0.3) is 0 Å². The zero-order chi connectivity index (χ0) is 21.0. The average Bonchev–Trinajstić information content (AvgIpc) is 3.23. The highest BCUT2D eigenvalue weighted by atomic mass is 35.5. The van der Waals surface area contributed by atoms with Gasteiger partial charge in [0.1, 0.15) is 0 Å². The molecular weight excluding hydrogens is 410 g/mol. The van der Waals surface area contributed by atoms with E-state index in [0.29, 0.717) is 29.4 Å². The predicted octanol–water partition coefficient (Wildman–Crippen LogP) is 4.22. The molecule has 1 heterocycles. The van der Waals surface area contributed by atoms with Crippen LogP contribution in [0.1, 0.15) is 37.0 Å². The molecule has 1 amide bonds.